The van der Waals surface area contributed by atoms with E-state index in [4.69, 9.17) is 5.73 Å². The Bertz CT molecular complexity index is 462. The minimum Gasteiger partial charge on any atom is -0.384 e. The van der Waals surface area contributed by atoms with Crippen molar-refractivity contribution in [1.29, 1.82) is 0 Å². The van der Waals surface area contributed by atoms with Crippen LogP contribution >= 0.6 is 0 Å². The number of nitrogens with two attached hydrogens (primary N) is 1. The summed E-state index contributed by atoms with van der Waals surface area (Å²) in [5.41, 5.74) is 7.73. The van der Waals surface area contributed by atoms with Gasteiger partial charge in [-0.3, -0.25) is 9.78 Å². The van der Waals surface area contributed by atoms with Crippen molar-refractivity contribution >= 4 is 12.1 Å². The molecule has 4 heteroatoms. The summed E-state index contributed by atoms with van der Waals surface area (Å²) in [4.78, 5) is 18.4. The Balaban J connectivity index is 2.37. The molecule has 2 aromatic heterocycles. The molecule has 0 saturated carbocycles. The second-order valence-corrected chi connectivity index (χ2v) is 3.06. The number of hydrogen-bond acceptors (Lipinski definition) is 4. The maximum Gasteiger partial charge on any atom is 0.168 e. The molecule has 0 radical (unpaired) electrons. The Kier molecular flexibility index (Phi) is 2.41. The van der Waals surface area contributed by atoms with Crippen LogP contribution in [0.1, 0.15) is 10.5 Å². The molecule has 0 aliphatic heterocycles. The van der Waals surface area contributed by atoms with E-state index in [2.05, 4.69) is 9.97 Å². The molecule has 4 nitrogen and oxygen atoms in total. The van der Waals surface area contributed by atoms with Crippen LogP contribution in [-0.2, 0) is 0 Å². The molecule has 15 heavy (non-hydrogen) atoms. The van der Waals surface area contributed by atoms with Gasteiger partial charge in [0.15, 0.2) is 6.29 Å². The minimum absolute atomic E-state index is 0.419. The summed E-state index contributed by atoms with van der Waals surface area (Å²) in [6, 6.07) is 7.07. The van der Waals surface area contributed by atoms with Crippen molar-refractivity contribution in [2.75, 3.05) is 5.73 Å². The molecule has 0 fully saturated rings. The van der Waals surface area contributed by atoms with Crippen LogP contribution in [0.4, 0.5) is 5.82 Å². The average molecular weight is 199 g/mol. The highest BCUT2D eigenvalue weighted by atomic mass is 16.1. The van der Waals surface area contributed by atoms with E-state index in [1.54, 1.807) is 24.5 Å². The molecule has 0 amide bonds. The zero-order valence-electron chi connectivity index (χ0n) is 7.92. The van der Waals surface area contributed by atoms with Gasteiger partial charge >= 0.3 is 0 Å². The highest BCUT2D eigenvalue weighted by Gasteiger charge is 1.98. The Morgan fingerprint density at radius 3 is 2.13 bits per heavy atom. The standard InChI is InChI=1S/C11H9N3O/c12-11-4-2-9(6-14-11)8-1-3-10(7-15)13-5-8/h1-7H,(H2,12,14). The van der Waals surface area contributed by atoms with E-state index in [1.165, 1.54) is 0 Å². The normalized spacial score (nSPS) is 9.87. The van der Waals surface area contributed by atoms with Gasteiger partial charge < -0.3 is 5.73 Å². The fourth-order valence-electron chi connectivity index (χ4n) is 1.22. The van der Waals surface area contributed by atoms with Crippen molar-refractivity contribution in [3.05, 3.63) is 42.4 Å². The van der Waals surface area contributed by atoms with Crippen LogP contribution in [0.3, 0.4) is 0 Å². The number of aromatic nitrogens is 2. The Hall–Kier alpha value is -2.23. The second-order valence-electron chi connectivity index (χ2n) is 3.06. The van der Waals surface area contributed by atoms with Crippen LogP contribution < -0.4 is 5.73 Å². The first-order chi connectivity index (χ1) is 7.29. The number of hydrogen-bond donors (Lipinski definition) is 1. The number of carbonyl (C=O) groups is 1. The van der Waals surface area contributed by atoms with Gasteiger partial charge in [-0.05, 0) is 18.2 Å². The lowest BCUT2D eigenvalue weighted by atomic mass is 10.1. The third kappa shape index (κ3) is 1.99. The number of nitrogens with zero attached hydrogens (tertiary/aromatic N) is 2. The third-order valence-electron chi connectivity index (χ3n) is 2.03. The molecule has 0 bridgehead atoms. The van der Waals surface area contributed by atoms with E-state index < -0.39 is 0 Å². The molecular weight excluding hydrogens is 190 g/mol. The first-order valence-electron chi connectivity index (χ1n) is 4.43. The summed E-state index contributed by atoms with van der Waals surface area (Å²) in [7, 11) is 0. The zero-order chi connectivity index (χ0) is 10.7. The van der Waals surface area contributed by atoms with E-state index in [0.717, 1.165) is 11.1 Å². The lowest BCUT2D eigenvalue weighted by molar-refractivity contribution is 0.111. The molecule has 0 aliphatic carbocycles. The zero-order valence-corrected chi connectivity index (χ0v) is 7.92. The lowest BCUT2D eigenvalue weighted by Gasteiger charge is -2.00. The maximum absolute atomic E-state index is 10.4. The van der Waals surface area contributed by atoms with E-state index in [-0.39, 0.29) is 0 Å². The van der Waals surface area contributed by atoms with E-state index >= 15 is 0 Å². The number of nitrogen functional groups attached to an aromatic ring is 1. The molecule has 2 aromatic rings. The van der Waals surface area contributed by atoms with Gasteiger partial charge in [0.1, 0.15) is 11.5 Å². The van der Waals surface area contributed by atoms with Crippen LogP contribution in [0.25, 0.3) is 11.1 Å². The number of rotatable bonds is 2. The van der Waals surface area contributed by atoms with Crippen LogP contribution in [0.2, 0.25) is 0 Å². The highest BCUT2D eigenvalue weighted by Crippen LogP contribution is 2.17. The Labute approximate surface area is 86.8 Å². The minimum atomic E-state index is 0.419. The largest absolute Gasteiger partial charge is 0.384 e. The number of anilines is 1. The predicted molar refractivity (Wildman–Crippen MR) is 57.3 cm³/mol. The topological polar surface area (TPSA) is 68.9 Å². The molecule has 0 atom stereocenters. The molecule has 2 rings (SSSR count). The van der Waals surface area contributed by atoms with Crippen LogP contribution in [-0.4, -0.2) is 16.3 Å². The van der Waals surface area contributed by atoms with Gasteiger partial charge in [-0.25, -0.2) is 4.98 Å². The van der Waals surface area contributed by atoms with Gasteiger partial charge in [-0.1, -0.05) is 6.07 Å². The quantitative estimate of drug-likeness (QED) is 0.745. The van der Waals surface area contributed by atoms with Crippen molar-refractivity contribution in [3.63, 3.8) is 0 Å². The molecular formula is C11H9N3O. The molecule has 0 aliphatic rings. The van der Waals surface area contributed by atoms with Gasteiger partial charge in [-0.15, -0.1) is 0 Å². The first kappa shape index (κ1) is 9.33. The maximum atomic E-state index is 10.4. The fourth-order valence-corrected chi connectivity index (χ4v) is 1.22. The van der Waals surface area contributed by atoms with Crippen LogP contribution in [0, 0.1) is 0 Å². The summed E-state index contributed by atoms with van der Waals surface area (Å²) in [5.74, 6) is 0.483. The SMILES string of the molecule is Nc1ccc(-c2ccc(C=O)nc2)cn1. The van der Waals surface area contributed by atoms with Crippen molar-refractivity contribution in [2.24, 2.45) is 0 Å². The molecule has 0 aromatic carbocycles. The molecule has 0 unspecified atom stereocenters. The summed E-state index contributed by atoms with van der Waals surface area (Å²) < 4.78 is 0. The Morgan fingerprint density at radius 2 is 1.67 bits per heavy atom. The Morgan fingerprint density at radius 1 is 1.00 bits per heavy atom. The van der Waals surface area contributed by atoms with Crippen molar-refractivity contribution in [3.8, 4) is 11.1 Å². The molecule has 2 heterocycles. The summed E-state index contributed by atoms with van der Waals surface area (Å²) in [6.07, 6.45) is 4.02. The van der Waals surface area contributed by atoms with Gasteiger partial charge in [0.05, 0.1) is 0 Å². The first-order valence-corrected chi connectivity index (χ1v) is 4.43. The molecule has 2 N–H and O–H groups in total. The summed E-state index contributed by atoms with van der Waals surface area (Å²) in [6.45, 7) is 0. The molecule has 74 valence electrons. The van der Waals surface area contributed by atoms with Crippen LogP contribution in [0.15, 0.2) is 36.7 Å². The number of pyridine rings is 2. The smallest absolute Gasteiger partial charge is 0.168 e. The predicted octanol–water partition coefficient (Wildman–Crippen LogP) is 1.54. The van der Waals surface area contributed by atoms with Crippen molar-refractivity contribution in [1.82, 2.24) is 9.97 Å². The third-order valence-corrected chi connectivity index (χ3v) is 2.03. The fraction of sp³-hybridized carbons (Fsp3) is 0. The van der Waals surface area contributed by atoms with Gasteiger partial charge in [0.25, 0.3) is 0 Å². The van der Waals surface area contributed by atoms with E-state index in [1.807, 2.05) is 12.1 Å². The average Bonchev–Trinajstić information content (AvgIpc) is 2.30. The summed E-state index contributed by atoms with van der Waals surface area (Å²) >= 11 is 0. The molecule has 0 saturated heterocycles. The number of aldehydes is 1. The van der Waals surface area contributed by atoms with Gasteiger partial charge in [0, 0.05) is 23.5 Å². The highest BCUT2D eigenvalue weighted by molar-refractivity contribution is 5.73. The molecule has 0 spiro atoms. The van der Waals surface area contributed by atoms with E-state index in [9.17, 15) is 4.79 Å². The van der Waals surface area contributed by atoms with Gasteiger partial charge in [0.2, 0.25) is 0 Å². The number of carbonyl (C=O) groups excluding carboxylic acids is 1. The van der Waals surface area contributed by atoms with E-state index in [0.29, 0.717) is 17.8 Å². The second kappa shape index (κ2) is 3.88. The van der Waals surface area contributed by atoms with Crippen LogP contribution in [0.5, 0.6) is 0 Å². The summed E-state index contributed by atoms with van der Waals surface area (Å²) in [5, 5.41) is 0. The lowest BCUT2D eigenvalue weighted by Crippen LogP contribution is -1.90. The van der Waals surface area contributed by atoms with Crippen molar-refractivity contribution in [2.45, 2.75) is 0 Å². The van der Waals surface area contributed by atoms with Crippen molar-refractivity contribution < 1.29 is 4.79 Å². The monoisotopic (exact) mass is 199 g/mol. The van der Waals surface area contributed by atoms with Gasteiger partial charge in [-0.2, -0.15) is 0 Å².